The fourth-order valence-corrected chi connectivity index (χ4v) is 10.6. The summed E-state index contributed by atoms with van der Waals surface area (Å²) in [6, 6.07) is 9.31. The molecular weight excluding hydrogens is 908 g/mol. The number of aliphatic hydroxyl groups is 1. The van der Waals surface area contributed by atoms with Crippen LogP contribution < -0.4 is 14.6 Å². The van der Waals surface area contributed by atoms with Crippen LogP contribution in [-0.2, 0) is 25.3 Å². The Morgan fingerprint density at radius 3 is 2.25 bits per heavy atom. The number of anilines is 2. The number of H-pyrrole nitrogens is 1. The van der Waals surface area contributed by atoms with Gasteiger partial charge in [-0.15, -0.1) is 0 Å². The lowest BCUT2D eigenvalue weighted by Crippen LogP contribution is -2.58. The molecule has 0 bridgehead atoms. The van der Waals surface area contributed by atoms with Crippen molar-refractivity contribution in [2.24, 2.45) is 11.3 Å². The quantitative estimate of drug-likeness (QED) is 0.0910. The average Bonchev–Trinajstić information content (AvgIpc) is 4.04. The van der Waals surface area contributed by atoms with E-state index in [-0.39, 0.29) is 50.5 Å². The number of ketones is 1. The predicted octanol–water partition coefficient (Wildman–Crippen LogP) is 3.44. The van der Waals surface area contributed by atoms with Crippen molar-refractivity contribution < 1.29 is 51.0 Å². The summed E-state index contributed by atoms with van der Waals surface area (Å²) in [6.45, 7) is 10.8. The van der Waals surface area contributed by atoms with Gasteiger partial charge in [-0.2, -0.15) is 4.41 Å². The summed E-state index contributed by atoms with van der Waals surface area (Å²) < 4.78 is 70.2. The van der Waals surface area contributed by atoms with E-state index in [9.17, 15) is 42.2 Å². The second-order valence-corrected chi connectivity index (χ2v) is 20.2. The molecule has 21 heteroatoms. The predicted molar refractivity (Wildman–Crippen MR) is 248 cm³/mol. The highest BCUT2D eigenvalue weighted by atomic mass is 32.2. The van der Waals surface area contributed by atoms with Crippen LogP contribution in [0.1, 0.15) is 62.4 Å². The summed E-state index contributed by atoms with van der Waals surface area (Å²) in [5.41, 5.74) is 0.565. The zero-order chi connectivity index (χ0) is 48.6. The molecule has 8 rings (SSSR count). The summed E-state index contributed by atoms with van der Waals surface area (Å²) in [5, 5.41) is 24.0. The number of halogens is 3. The van der Waals surface area contributed by atoms with Crippen LogP contribution in [0.2, 0.25) is 0 Å². The molecule has 0 unspecified atom stereocenters. The molecule has 2 aromatic heterocycles. The van der Waals surface area contributed by atoms with E-state index in [0.717, 1.165) is 74.0 Å². The summed E-state index contributed by atoms with van der Waals surface area (Å²) >= 11 is 0. The van der Waals surface area contributed by atoms with Crippen LogP contribution in [0, 0.1) is 23.0 Å². The number of β-amino-alcohol motifs (C(OH)–C–C–N with tert-alkyl or cyclic N) is 1. The highest BCUT2D eigenvalue weighted by Crippen LogP contribution is 2.34. The molecule has 0 radical (unpaired) electrons. The van der Waals surface area contributed by atoms with Gasteiger partial charge in [-0.25, -0.2) is 36.4 Å². The van der Waals surface area contributed by atoms with Gasteiger partial charge < -0.3 is 35.2 Å². The number of aromatic nitrogens is 2. The molecule has 4 fully saturated rings. The molecule has 4 N–H and O–H groups in total. The summed E-state index contributed by atoms with van der Waals surface area (Å²) in [6.07, 6.45) is 2.69. The number of amides is 2. The Bertz CT molecular complexity index is 2600. The molecule has 4 saturated heterocycles. The molecule has 4 aromatic rings. The molecular formula is C47H58F3N9O8S. The first-order chi connectivity index (χ1) is 32.4. The van der Waals surface area contributed by atoms with E-state index in [2.05, 4.69) is 30.0 Å². The summed E-state index contributed by atoms with van der Waals surface area (Å²) in [4.78, 5) is 67.7. The number of piperazine rings is 1. The molecule has 0 aliphatic carbocycles. The van der Waals surface area contributed by atoms with E-state index in [1.807, 2.05) is 45.0 Å². The van der Waals surface area contributed by atoms with Gasteiger partial charge in [0.2, 0.25) is 28.5 Å². The van der Waals surface area contributed by atoms with E-state index in [0.29, 0.717) is 40.0 Å². The van der Waals surface area contributed by atoms with Gasteiger partial charge in [-0.05, 0) is 66.5 Å². The van der Waals surface area contributed by atoms with Crippen LogP contribution in [0.15, 0.2) is 54.9 Å². The minimum Gasteiger partial charge on any atom is -0.480 e. The third kappa shape index (κ3) is 10.5. The second kappa shape index (κ2) is 20.2. The smallest absolute Gasteiger partial charge is 0.326 e. The molecule has 6 heterocycles. The summed E-state index contributed by atoms with van der Waals surface area (Å²) in [7, 11) is -3.49. The number of pyridine rings is 1. The van der Waals surface area contributed by atoms with Gasteiger partial charge in [-0.3, -0.25) is 19.3 Å². The Labute approximate surface area is 393 Å². The number of piperidine rings is 1. The molecule has 2 amide bonds. The minimum atomic E-state index is -3.49. The number of thiol groups is 1. The zero-order valence-corrected chi connectivity index (χ0v) is 39.1. The standard InChI is InChI=1S/C47H58F3N9O8S/c1-47(2,3)43(45(63)58-26-33(60)21-38(58)46(64)65)53-39(61)27-55-18-16-54(17-19-55)24-28-10-13-56(14-11-28)32-6-4-29(5-7-32)30-20-34-35(23-52-44(34)51-22-30)42(62)40-36(49)8-9-37(41(40)50)59(68(66)67)57-15-12-31(48)25-57/h4-9,20,22-23,28,31,33,38,43,60,68H,10-19,21,24-27H2,1-3H3,(H,51,52)(H,53,61)(H,64,65)/t31-,33-,38+,43-/m1/s1. The summed E-state index contributed by atoms with van der Waals surface area (Å²) in [5.74, 6) is -5.07. The molecule has 4 aliphatic rings. The first-order valence-electron chi connectivity index (χ1n) is 23.0. The van der Waals surface area contributed by atoms with E-state index >= 15 is 8.78 Å². The largest absolute Gasteiger partial charge is 0.480 e. The van der Waals surface area contributed by atoms with Gasteiger partial charge in [0, 0.05) is 99.9 Å². The number of carboxylic acid groups (broad SMARTS) is 1. The van der Waals surface area contributed by atoms with Crippen LogP contribution >= 0.6 is 0 Å². The van der Waals surface area contributed by atoms with Gasteiger partial charge in [0.25, 0.3) is 0 Å². The molecule has 68 heavy (non-hydrogen) atoms. The normalized spacial score (nSPS) is 21.7. The average molecular weight is 966 g/mol. The number of nitrogens with one attached hydrogen (secondary N) is 2. The first-order valence-corrected chi connectivity index (χ1v) is 24.1. The number of carboxylic acids is 1. The van der Waals surface area contributed by atoms with Gasteiger partial charge >= 0.3 is 5.97 Å². The Balaban J connectivity index is 0.832. The van der Waals surface area contributed by atoms with Crippen molar-refractivity contribution in [3.05, 3.63) is 77.6 Å². The van der Waals surface area contributed by atoms with Gasteiger partial charge in [0.1, 0.15) is 35.4 Å². The zero-order valence-electron chi connectivity index (χ0n) is 38.2. The molecule has 0 spiro atoms. The Morgan fingerprint density at radius 2 is 1.62 bits per heavy atom. The number of carbonyl (C=O) groups excluding carboxylic acids is 3. The highest BCUT2D eigenvalue weighted by Gasteiger charge is 2.45. The maximum atomic E-state index is 16.0. The van der Waals surface area contributed by atoms with Crippen molar-refractivity contribution in [1.29, 1.82) is 0 Å². The number of aliphatic carboxylic acids is 1. The van der Waals surface area contributed by atoms with E-state index in [4.69, 9.17) is 0 Å². The lowest BCUT2D eigenvalue weighted by Gasteiger charge is -2.39. The van der Waals surface area contributed by atoms with Crippen molar-refractivity contribution in [2.45, 2.75) is 70.8 Å². The number of likely N-dealkylation sites (tertiary alicyclic amines) is 1. The lowest BCUT2D eigenvalue weighted by molar-refractivity contribution is -0.150. The van der Waals surface area contributed by atoms with Crippen LogP contribution in [0.4, 0.5) is 24.5 Å². The molecule has 4 aliphatic heterocycles. The third-order valence-electron chi connectivity index (χ3n) is 13.6. The number of hydrogen-bond acceptors (Lipinski definition) is 12. The minimum absolute atomic E-state index is 0.00361. The number of nitrogens with zero attached hydrogens (tertiary/aromatic N) is 7. The van der Waals surface area contributed by atoms with Crippen LogP contribution in [0.25, 0.3) is 22.2 Å². The molecule has 366 valence electrons. The van der Waals surface area contributed by atoms with Crippen molar-refractivity contribution in [3.8, 4) is 11.1 Å². The number of carbonyl (C=O) groups is 4. The van der Waals surface area contributed by atoms with Crippen molar-refractivity contribution in [3.63, 3.8) is 0 Å². The number of alkyl halides is 1. The lowest BCUT2D eigenvalue weighted by atomic mass is 9.85. The topological polar surface area (TPSA) is 203 Å². The number of benzene rings is 2. The first kappa shape index (κ1) is 48.8. The molecule has 17 nitrogen and oxygen atoms in total. The van der Waals surface area contributed by atoms with E-state index < -0.39 is 81.2 Å². The van der Waals surface area contributed by atoms with Crippen LogP contribution in [-0.4, -0.2) is 168 Å². The Morgan fingerprint density at radius 1 is 0.926 bits per heavy atom. The Hall–Kier alpha value is -5.61. The molecule has 2 aromatic carbocycles. The van der Waals surface area contributed by atoms with Gasteiger partial charge in [-0.1, -0.05) is 32.9 Å². The monoisotopic (exact) mass is 965 g/mol. The number of rotatable bonds is 14. The van der Waals surface area contributed by atoms with E-state index in [1.54, 1.807) is 12.3 Å². The number of fused-ring (bicyclic) bond motifs is 1. The molecule has 0 saturated carbocycles. The Kier molecular flexibility index (Phi) is 14.5. The number of aliphatic hydroxyl groups excluding tert-OH is 1. The fraction of sp³-hybridized carbons (Fsp3) is 0.511. The SMILES string of the molecule is CC(C)(C)[C@H](NC(=O)CN1CCN(CC2CCN(c3ccc(-c4cnc5[nH]cc(C(=O)c6c(F)ccc(N(N7CC[C@@H](F)C7)[SH](=O)=O)c6F)c5c4)cc3)CC2)CC1)C(=O)N1C[C@H](O)C[C@H]1C(=O)O. The number of aromatic amines is 1. The van der Waals surface area contributed by atoms with Crippen molar-refractivity contribution in [1.82, 2.24) is 35.0 Å². The highest BCUT2D eigenvalue weighted by molar-refractivity contribution is 7.73. The van der Waals surface area contributed by atoms with E-state index in [1.165, 1.54) is 11.1 Å². The van der Waals surface area contributed by atoms with Gasteiger partial charge in [0.05, 0.1) is 24.8 Å². The maximum absolute atomic E-state index is 16.0. The fourth-order valence-electron chi connectivity index (χ4n) is 9.85. The van der Waals surface area contributed by atoms with Crippen LogP contribution in [0.3, 0.4) is 0 Å². The third-order valence-corrected chi connectivity index (χ3v) is 14.4. The molecule has 4 atom stereocenters. The van der Waals surface area contributed by atoms with Crippen molar-refractivity contribution >= 4 is 56.9 Å². The van der Waals surface area contributed by atoms with Crippen molar-refractivity contribution in [2.75, 3.05) is 81.3 Å². The number of hydrazine groups is 1. The second-order valence-electron chi connectivity index (χ2n) is 19.4. The number of hydrogen-bond donors (Lipinski definition) is 5. The maximum Gasteiger partial charge on any atom is 0.326 e. The van der Waals surface area contributed by atoms with Crippen LogP contribution in [0.5, 0.6) is 0 Å². The van der Waals surface area contributed by atoms with Gasteiger partial charge in [0.15, 0.2) is 5.82 Å².